The summed E-state index contributed by atoms with van der Waals surface area (Å²) in [6, 6.07) is -0.612. The zero-order valence-electron chi connectivity index (χ0n) is 7.13. The maximum atomic E-state index is 10.3. The number of primary amides is 1. The molecule has 0 radical (unpaired) electrons. The molecule has 2 amide bonds. The molecule has 66 valence electrons. The molecule has 0 fully saturated rings. The van der Waals surface area contributed by atoms with Crippen molar-refractivity contribution in [1.29, 1.82) is 0 Å². The number of carbonyl (C=O) groups is 1. The number of rotatable bonds is 1. The summed E-state index contributed by atoms with van der Waals surface area (Å²) in [7, 11) is 0. The molecule has 4 heteroatoms. The first-order valence-electron chi connectivity index (χ1n) is 3.97. The van der Waals surface area contributed by atoms with Crippen molar-refractivity contribution in [1.82, 2.24) is 5.43 Å². The Labute approximate surface area is 71.5 Å². The first-order valence-corrected chi connectivity index (χ1v) is 3.97. The molecular formula is C8H13N3O. The fourth-order valence-electron chi connectivity index (χ4n) is 1.19. The number of hydrazone groups is 1. The second-order valence-electron chi connectivity index (χ2n) is 2.92. The van der Waals surface area contributed by atoms with E-state index in [-0.39, 0.29) is 0 Å². The summed E-state index contributed by atoms with van der Waals surface area (Å²) >= 11 is 0. The first-order chi connectivity index (χ1) is 5.68. The van der Waals surface area contributed by atoms with E-state index in [1.165, 1.54) is 5.57 Å². The van der Waals surface area contributed by atoms with Gasteiger partial charge in [0.05, 0.1) is 5.71 Å². The van der Waals surface area contributed by atoms with E-state index in [9.17, 15) is 4.79 Å². The van der Waals surface area contributed by atoms with Gasteiger partial charge in [0.15, 0.2) is 0 Å². The highest BCUT2D eigenvalue weighted by atomic mass is 16.2. The summed E-state index contributed by atoms with van der Waals surface area (Å²) in [5.74, 6) is 0. The van der Waals surface area contributed by atoms with Gasteiger partial charge < -0.3 is 5.73 Å². The Morgan fingerprint density at radius 3 is 3.00 bits per heavy atom. The van der Waals surface area contributed by atoms with Crippen LogP contribution in [0.5, 0.6) is 0 Å². The smallest absolute Gasteiger partial charge is 0.332 e. The molecule has 0 aromatic heterocycles. The average molecular weight is 167 g/mol. The molecule has 0 spiro atoms. The number of carbonyl (C=O) groups excluding carboxylic acids is 1. The third-order valence-electron chi connectivity index (χ3n) is 1.73. The van der Waals surface area contributed by atoms with Crippen molar-refractivity contribution in [3.63, 3.8) is 0 Å². The van der Waals surface area contributed by atoms with Crippen LogP contribution in [0.1, 0.15) is 26.2 Å². The minimum absolute atomic E-state index is 0.612. The van der Waals surface area contributed by atoms with Crippen molar-refractivity contribution in [2.45, 2.75) is 26.2 Å². The lowest BCUT2D eigenvalue weighted by Gasteiger charge is -2.09. The van der Waals surface area contributed by atoms with Gasteiger partial charge in [-0.05, 0) is 32.3 Å². The zero-order chi connectivity index (χ0) is 8.97. The van der Waals surface area contributed by atoms with Crippen LogP contribution in [-0.2, 0) is 0 Å². The lowest BCUT2D eigenvalue weighted by molar-refractivity contribution is 0.249. The highest BCUT2D eigenvalue weighted by molar-refractivity contribution is 5.96. The molecule has 3 N–H and O–H groups in total. The Hall–Kier alpha value is -1.32. The number of urea groups is 1. The Morgan fingerprint density at radius 1 is 1.67 bits per heavy atom. The van der Waals surface area contributed by atoms with Crippen LogP contribution in [0.2, 0.25) is 0 Å². The van der Waals surface area contributed by atoms with Crippen molar-refractivity contribution in [3.8, 4) is 0 Å². The van der Waals surface area contributed by atoms with E-state index in [1.807, 2.05) is 6.08 Å². The number of allylic oxidation sites excluding steroid dienone is 2. The van der Waals surface area contributed by atoms with Gasteiger partial charge >= 0.3 is 6.03 Å². The number of nitrogens with two attached hydrogens (primary N) is 1. The van der Waals surface area contributed by atoms with E-state index >= 15 is 0 Å². The van der Waals surface area contributed by atoms with Gasteiger partial charge in [0.25, 0.3) is 0 Å². The summed E-state index contributed by atoms with van der Waals surface area (Å²) in [6.07, 6.45) is 5.12. The third kappa shape index (κ3) is 2.74. The fraction of sp³-hybridized carbons (Fsp3) is 0.500. The fourth-order valence-corrected chi connectivity index (χ4v) is 1.19. The van der Waals surface area contributed by atoms with Crippen molar-refractivity contribution in [2.75, 3.05) is 0 Å². The molecule has 4 nitrogen and oxygen atoms in total. The van der Waals surface area contributed by atoms with Crippen molar-refractivity contribution in [2.24, 2.45) is 10.8 Å². The van der Waals surface area contributed by atoms with E-state index in [2.05, 4.69) is 17.5 Å². The molecular weight excluding hydrogens is 154 g/mol. The van der Waals surface area contributed by atoms with Crippen molar-refractivity contribution < 1.29 is 4.79 Å². The topological polar surface area (TPSA) is 67.5 Å². The summed E-state index contributed by atoms with van der Waals surface area (Å²) in [5, 5.41) is 3.85. The maximum absolute atomic E-state index is 10.3. The predicted molar refractivity (Wildman–Crippen MR) is 47.8 cm³/mol. The minimum Gasteiger partial charge on any atom is -0.350 e. The van der Waals surface area contributed by atoms with Gasteiger partial charge in [0.1, 0.15) is 0 Å². The SMILES string of the molecule is CC1=C/C(=N/NC(N)=O)CCC1. The van der Waals surface area contributed by atoms with Crippen LogP contribution in [0.25, 0.3) is 0 Å². The molecule has 0 aromatic rings. The molecule has 1 rings (SSSR count). The normalized spacial score (nSPS) is 20.4. The van der Waals surface area contributed by atoms with Gasteiger partial charge in [0.2, 0.25) is 0 Å². The van der Waals surface area contributed by atoms with E-state index in [1.54, 1.807) is 0 Å². The zero-order valence-corrected chi connectivity index (χ0v) is 7.13. The highest BCUT2D eigenvalue weighted by Gasteiger charge is 2.04. The summed E-state index contributed by atoms with van der Waals surface area (Å²) in [6.45, 7) is 2.05. The largest absolute Gasteiger partial charge is 0.350 e. The van der Waals surface area contributed by atoms with Crippen LogP contribution < -0.4 is 11.2 Å². The average Bonchev–Trinajstić information content (AvgIpc) is 2.01. The first kappa shape index (κ1) is 8.77. The molecule has 0 saturated carbocycles. The molecule has 0 atom stereocenters. The van der Waals surface area contributed by atoms with Crippen LogP contribution in [-0.4, -0.2) is 11.7 Å². The van der Waals surface area contributed by atoms with E-state index in [4.69, 9.17) is 5.73 Å². The van der Waals surface area contributed by atoms with E-state index in [0.29, 0.717) is 0 Å². The van der Waals surface area contributed by atoms with Crippen LogP contribution in [0.4, 0.5) is 4.79 Å². The molecule has 0 aliphatic heterocycles. The van der Waals surface area contributed by atoms with E-state index in [0.717, 1.165) is 25.0 Å². The van der Waals surface area contributed by atoms with Crippen LogP contribution in [0.15, 0.2) is 16.8 Å². The van der Waals surface area contributed by atoms with E-state index < -0.39 is 6.03 Å². The minimum atomic E-state index is -0.612. The van der Waals surface area contributed by atoms with Gasteiger partial charge in [-0.3, -0.25) is 0 Å². The lowest BCUT2D eigenvalue weighted by atomic mass is 10.00. The van der Waals surface area contributed by atoms with Crippen molar-refractivity contribution in [3.05, 3.63) is 11.6 Å². The van der Waals surface area contributed by atoms with Gasteiger partial charge in [-0.2, -0.15) is 5.10 Å². The number of hydrogen-bond acceptors (Lipinski definition) is 2. The molecule has 12 heavy (non-hydrogen) atoms. The second kappa shape index (κ2) is 3.90. The number of hydrogen-bond donors (Lipinski definition) is 2. The summed E-state index contributed by atoms with van der Waals surface area (Å²) in [4.78, 5) is 10.3. The number of amides is 2. The number of nitrogens with zero attached hydrogens (tertiary/aromatic N) is 1. The van der Waals surface area contributed by atoms with Gasteiger partial charge in [-0.15, -0.1) is 0 Å². The maximum Gasteiger partial charge on any atom is 0.332 e. The van der Waals surface area contributed by atoms with Gasteiger partial charge in [-0.1, -0.05) is 5.57 Å². The summed E-state index contributed by atoms with van der Waals surface area (Å²) in [5.41, 5.74) is 9.28. The molecule has 0 unspecified atom stereocenters. The van der Waals surface area contributed by atoms with Crippen LogP contribution in [0, 0.1) is 0 Å². The molecule has 0 bridgehead atoms. The van der Waals surface area contributed by atoms with Gasteiger partial charge in [0, 0.05) is 0 Å². The van der Waals surface area contributed by atoms with Crippen molar-refractivity contribution >= 4 is 11.7 Å². The number of nitrogens with one attached hydrogen (secondary N) is 1. The standard InChI is InChI=1S/C8H13N3O/c1-6-3-2-4-7(5-6)10-11-8(9)12/h5H,2-4H2,1H3,(H3,9,11,12)/b10-7+. The highest BCUT2D eigenvalue weighted by Crippen LogP contribution is 2.14. The quantitative estimate of drug-likeness (QED) is 0.565. The molecule has 0 aromatic carbocycles. The van der Waals surface area contributed by atoms with Crippen LogP contribution in [0.3, 0.4) is 0 Å². The second-order valence-corrected chi connectivity index (χ2v) is 2.92. The third-order valence-corrected chi connectivity index (χ3v) is 1.73. The molecule has 0 heterocycles. The predicted octanol–water partition coefficient (Wildman–Crippen LogP) is 1.14. The summed E-state index contributed by atoms with van der Waals surface area (Å²) < 4.78 is 0. The Bertz CT molecular complexity index is 243. The van der Waals surface area contributed by atoms with Crippen LogP contribution >= 0.6 is 0 Å². The molecule has 1 aliphatic carbocycles. The molecule has 1 aliphatic rings. The van der Waals surface area contributed by atoms with Gasteiger partial charge in [-0.25, -0.2) is 10.2 Å². The molecule has 0 saturated heterocycles. The lowest BCUT2D eigenvalue weighted by Crippen LogP contribution is -2.25. The monoisotopic (exact) mass is 167 g/mol. The Balaban J connectivity index is 2.56. The Kier molecular flexibility index (Phi) is 2.85. The Morgan fingerprint density at radius 2 is 2.42 bits per heavy atom.